The van der Waals surface area contributed by atoms with Crippen LogP contribution in [0.1, 0.15) is 33.4 Å². The zero-order chi connectivity index (χ0) is 45.2. The van der Waals surface area contributed by atoms with Crippen molar-refractivity contribution in [2.75, 3.05) is 20.3 Å². The lowest BCUT2D eigenvalue weighted by molar-refractivity contribution is -0.377. The lowest BCUT2D eigenvalue weighted by Gasteiger charge is -2.49. The first-order valence-electron chi connectivity index (χ1n) is 22.6. The molecular weight excluding hydrogens is 837 g/mol. The summed E-state index contributed by atoms with van der Waals surface area (Å²) < 4.78 is 66.3. The Morgan fingerprint density at radius 1 is 0.364 bits per heavy atom. The van der Waals surface area contributed by atoms with Gasteiger partial charge in [-0.05, 0) is 33.4 Å². The quantitative estimate of drug-likeness (QED) is 0.0668. The number of rotatable bonds is 23. The van der Waals surface area contributed by atoms with Gasteiger partial charge in [-0.15, -0.1) is 0 Å². The minimum absolute atomic E-state index is 0.110. The van der Waals surface area contributed by atoms with Crippen LogP contribution in [0.2, 0.25) is 0 Å². The molecule has 0 unspecified atom stereocenters. The summed E-state index contributed by atoms with van der Waals surface area (Å²) in [6.07, 6.45) is -9.20. The van der Waals surface area contributed by atoms with Crippen molar-refractivity contribution in [1.82, 2.24) is 0 Å². The van der Waals surface area contributed by atoms with Crippen LogP contribution in [0.5, 0.6) is 0 Å². The fourth-order valence-corrected chi connectivity index (χ4v) is 8.23. The van der Waals surface area contributed by atoms with E-state index in [4.69, 9.17) is 47.4 Å². The second-order valence-electron chi connectivity index (χ2n) is 16.5. The molecule has 2 aliphatic rings. The molecule has 2 aliphatic heterocycles. The number of hydrogen-bond acceptors (Lipinski definition) is 11. The van der Waals surface area contributed by atoms with Crippen molar-refractivity contribution in [3.05, 3.63) is 215 Å². The van der Waals surface area contributed by atoms with Gasteiger partial charge < -0.3 is 52.5 Å². The van der Waals surface area contributed by atoms with Gasteiger partial charge in [-0.3, -0.25) is 0 Å². The second kappa shape index (κ2) is 25.1. The predicted molar refractivity (Wildman–Crippen MR) is 247 cm³/mol. The molecule has 10 atom stereocenters. The van der Waals surface area contributed by atoms with Crippen LogP contribution in [0.15, 0.2) is 182 Å². The van der Waals surface area contributed by atoms with E-state index in [-0.39, 0.29) is 39.6 Å². The van der Waals surface area contributed by atoms with E-state index in [1.807, 2.05) is 182 Å². The average molecular weight is 897 g/mol. The monoisotopic (exact) mass is 896 g/mol. The Balaban J connectivity index is 1.10. The first-order valence-corrected chi connectivity index (χ1v) is 22.6. The molecular formula is C55H60O11. The molecule has 2 saturated heterocycles. The van der Waals surface area contributed by atoms with Crippen molar-refractivity contribution in [2.45, 2.75) is 101 Å². The lowest BCUT2D eigenvalue weighted by Crippen LogP contribution is -2.66. The molecule has 0 aromatic heterocycles. The normalized spacial score (nSPS) is 25.4. The Hall–Kier alpha value is -5.12. The number of benzene rings is 6. The highest BCUT2D eigenvalue weighted by Gasteiger charge is 2.54. The van der Waals surface area contributed by atoms with Crippen LogP contribution in [0.4, 0.5) is 0 Å². The molecule has 0 aliphatic carbocycles. The first kappa shape index (κ1) is 47.4. The predicted octanol–water partition coefficient (Wildman–Crippen LogP) is 8.60. The van der Waals surface area contributed by atoms with Crippen LogP contribution in [0.3, 0.4) is 0 Å². The van der Waals surface area contributed by atoms with Crippen LogP contribution in [-0.4, -0.2) is 86.8 Å². The fourth-order valence-electron chi connectivity index (χ4n) is 8.23. The molecule has 2 heterocycles. The van der Waals surface area contributed by atoms with Crippen LogP contribution in [-0.2, 0) is 87.0 Å². The number of hydrogen-bond donors (Lipinski definition) is 1. The molecule has 8 rings (SSSR count). The van der Waals surface area contributed by atoms with Crippen molar-refractivity contribution in [1.29, 1.82) is 0 Å². The first-order chi connectivity index (χ1) is 32.6. The number of aliphatic hydroxyl groups excluding tert-OH is 1. The molecule has 2 fully saturated rings. The van der Waals surface area contributed by atoms with Gasteiger partial charge in [0.2, 0.25) is 0 Å². The molecule has 11 heteroatoms. The molecule has 346 valence electrons. The number of methoxy groups -OCH3 is 1. The van der Waals surface area contributed by atoms with Crippen molar-refractivity contribution in [3.63, 3.8) is 0 Å². The minimum atomic E-state index is -1.34. The maximum Gasteiger partial charge on any atom is 0.187 e. The van der Waals surface area contributed by atoms with E-state index in [0.717, 1.165) is 33.4 Å². The average Bonchev–Trinajstić information content (AvgIpc) is 3.37. The third-order valence-corrected chi connectivity index (χ3v) is 11.7. The third-order valence-electron chi connectivity index (χ3n) is 11.7. The molecule has 66 heavy (non-hydrogen) atoms. The van der Waals surface area contributed by atoms with E-state index in [1.54, 1.807) is 7.11 Å². The standard InChI is InChI=1S/C55H60O11/c1-57-55-53(52(63-37-45-30-18-7-19-31-45)50(61-35-43-26-14-5-15-27-43)47(65-55)39-59-33-41-22-10-3-11-23-41)66-54-48(56)51(62-36-44-28-16-6-17-29-44)49(60-34-42-24-12-4-13-25-42)46(64-54)38-58-32-40-20-8-2-9-21-40/h2-31,46-56H,32-39H2,1H3/t46-,47-,48+,49-,50-,51-,52+,53+,54-,55+/m1/s1. The maximum absolute atomic E-state index is 12.5. The van der Waals surface area contributed by atoms with E-state index in [9.17, 15) is 5.11 Å². The fraction of sp³-hybridized carbons (Fsp3) is 0.345. The van der Waals surface area contributed by atoms with Gasteiger partial charge in [0.25, 0.3) is 0 Å². The van der Waals surface area contributed by atoms with E-state index in [2.05, 4.69) is 0 Å². The largest absolute Gasteiger partial charge is 0.385 e. The highest BCUT2D eigenvalue weighted by atomic mass is 16.8. The van der Waals surface area contributed by atoms with Crippen molar-refractivity contribution >= 4 is 0 Å². The van der Waals surface area contributed by atoms with Crippen LogP contribution in [0.25, 0.3) is 0 Å². The van der Waals surface area contributed by atoms with Gasteiger partial charge in [0.1, 0.15) is 48.8 Å². The number of ether oxygens (including phenoxy) is 10. The molecule has 0 radical (unpaired) electrons. The van der Waals surface area contributed by atoms with E-state index in [1.165, 1.54) is 0 Å². The van der Waals surface area contributed by atoms with Crippen LogP contribution in [0, 0.1) is 0 Å². The highest BCUT2D eigenvalue weighted by Crippen LogP contribution is 2.35. The van der Waals surface area contributed by atoms with Gasteiger partial charge in [0, 0.05) is 7.11 Å². The summed E-state index contributed by atoms with van der Waals surface area (Å²) in [6.45, 7) is 1.93. The van der Waals surface area contributed by atoms with E-state index < -0.39 is 61.4 Å². The van der Waals surface area contributed by atoms with Crippen molar-refractivity contribution in [3.8, 4) is 0 Å². The van der Waals surface area contributed by atoms with Gasteiger partial charge in [-0.1, -0.05) is 182 Å². The van der Waals surface area contributed by atoms with E-state index >= 15 is 0 Å². The summed E-state index contributed by atoms with van der Waals surface area (Å²) in [6, 6.07) is 59.4. The summed E-state index contributed by atoms with van der Waals surface area (Å²) in [4.78, 5) is 0. The smallest absolute Gasteiger partial charge is 0.187 e. The molecule has 0 bridgehead atoms. The van der Waals surface area contributed by atoms with Crippen LogP contribution >= 0.6 is 0 Å². The van der Waals surface area contributed by atoms with Gasteiger partial charge in [0.05, 0.1) is 52.9 Å². The van der Waals surface area contributed by atoms with Gasteiger partial charge in [-0.25, -0.2) is 0 Å². The molecule has 11 nitrogen and oxygen atoms in total. The molecule has 6 aromatic carbocycles. The molecule has 0 spiro atoms. The summed E-state index contributed by atoms with van der Waals surface area (Å²) in [5.41, 5.74) is 5.84. The second-order valence-corrected chi connectivity index (χ2v) is 16.5. The molecule has 0 saturated carbocycles. The zero-order valence-corrected chi connectivity index (χ0v) is 37.3. The Morgan fingerprint density at radius 2 is 0.667 bits per heavy atom. The minimum Gasteiger partial charge on any atom is -0.385 e. The maximum atomic E-state index is 12.5. The van der Waals surface area contributed by atoms with Gasteiger partial charge in [0.15, 0.2) is 12.6 Å². The molecule has 6 aromatic rings. The summed E-state index contributed by atoms with van der Waals surface area (Å²) in [5, 5.41) is 12.5. The van der Waals surface area contributed by atoms with Gasteiger partial charge in [-0.2, -0.15) is 0 Å². The van der Waals surface area contributed by atoms with Crippen molar-refractivity contribution in [2.24, 2.45) is 0 Å². The van der Waals surface area contributed by atoms with Gasteiger partial charge >= 0.3 is 0 Å². The summed E-state index contributed by atoms with van der Waals surface area (Å²) in [7, 11) is 1.56. The van der Waals surface area contributed by atoms with E-state index in [0.29, 0.717) is 13.2 Å². The lowest BCUT2D eigenvalue weighted by atomic mass is 9.96. The number of aliphatic hydroxyl groups is 1. The summed E-state index contributed by atoms with van der Waals surface area (Å²) >= 11 is 0. The molecule has 1 N–H and O–H groups in total. The topological polar surface area (TPSA) is 113 Å². The molecule has 0 amide bonds. The SMILES string of the molecule is CO[C@H]1O[C@H](COCc2ccccc2)[C@@H](OCc2ccccc2)[C@H](OCc2ccccc2)[C@@H]1O[C@H]1O[C@H](COCc2ccccc2)[C@@H](OCc2ccccc2)[C@H](OCc2ccccc2)[C@@H]1O. The zero-order valence-electron chi connectivity index (χ0n) is 37.3. The third kappa shape index (κ3) is 13.5. The van der Waals surface area contributed by atoms with Crippen LogP contribution < -0.4 is 0 Å². The Labute approximate surface area is 388 Å². The Morgan fingerprint density at radius 3 is 1.03 bits per heavy atom. The Bertz CT molecular complexity index is 2220. The van der Waals surface area contributed by atoms with Crippen molar-refractivity contribution < 1.29 is 52.5 Å². The highest BCUT2D eigenvalue weighted by molar-refractivity contribution is 5.18. The summed E-state index contributed by atoms with van der Waals surface area (Å²) in [5.74, 6) is 0. The Kier molecular flexibility index (Phi) is 18.0.